The van der Waals surface area contributed by atoms with Crippen molar-refractivity contribution < 1.29 is 0 Å². The van der Waals surface area contributed by atoms with Crippen molar-refractivity contribution in [2.24, 2.45) is 5.73 Å². The molecule has 2 aromatic carbocycles. The van der Waals surface area contributed by atoms with Crippen molar-refractivity contribution in [3.63, 3.8) is 0 Å². The van der Waals surface area contributed by atoms with Crippen LogP contribution >= 0.6 is 11.6 Å². The third-order valence-corrected chi connectivity index (χ3v) is 3.73. The van der Waals surface area contributed by atoms with Crippen molar-refractivity contribution in [2.75, 3.05) is 6.54 Å². The quantitative estimate of drug-likeness (QED) is 0.829. The van der Waals surface area contributed by atoms with Crippen LogP contribution in [0.25, 0.3) is 0 Å². The molecule has 0 aliphatic carbocycles. The Morgan fingerprint density at radius 1 is 0.895 bits per heavy atom. The van der Waals surface area contributed by atoms with E-state index in [2.05, 4.69) is 42.5 Å². The zero-order valence-electron chi connectivity index (χ0n) is 11.1. The molecule has 1 atom stereocenters. The van der Waals surface area contributed by atoms with Crippen LogP contribution in [0, 0.1) is 0 Å². The highest BCUT2D eigenvalue weighted by molar-refractivity contribution is 6.30. The minimum Gasteiger partial charge on any atom is -0.330 e. The summed E-state index contributed by atoms with van der Waals surface area (Å²) in [6.07, 6.45) is 3.23. The number of hydrogen-bond donors (Lipinski definition) is 1. The predicted molar refractivity (Wildman–Crippen MR) is 82.6 cm³/mol. The van der Waals surface area contributed by atoms with Gasteiger partial charge >= 0.3 is 0 Å². The fraction of sp³-hybridized carbons (Fsp3) is 0.294. The van der Waals surface area contributed by atoms with Gasteiger partial charge in [-0.25, -0.2) is 0 Å². The molecule has 2 heteroatoms. The number of nitrogens with two attached hydrogens (primary N) is 1. The van der Waals surface area contributed by atoms with Gasteiger partial charge in [0.15, 0.2) is 0 Å². The molecule has 0 saturated heterocycles. The summed E-state index contributed by atoms with van der Waals surface area (Å²) in [5.41, 5.74) is 8.46. The number of benzene rings is 2. The van der Waals surface area contributed by atoms with E-state index >= 15 is 0 Å². The second-order valence-electron chi connectivity index (χ2n) is 4.85. The van der Waals surface area contributed by atoms with Gasteiger partial charge < -0.3 is 5.73 Å². The van der Waals surface area contributed by atoms with Crippen LogP contribution in [0.5, 0.6) is 0 Å². The molecule has 1 nitrogen and oxygen atoms in total. The van der Waals surface area contributed by atoms with E-state index in [-0.39, 0.29) is 0 Å². The number of aryl methyl sites for hydroxylation is 1. The maximum absolute atomic E-state index is 5.90. The maximum Gasteiger partial charge on any atom is 0.0406 e. The lowest BCUT2D eigenvalue weighted by atomic mass is 9.90. The van der Waals surface area contributed by atoms with Crippen LogP contribution in [0.3, 0.4) is 0 Å². The molecule has 0 spiro atoms. The van der Waals surface area contributed by atoms with Gasteiger partial charge in [-0.15, -0.1) is 0 Å². The van der Waals surface area contributed by atoms with Gasteiger partial charge in [0.2, 0.25) is 0 Å². The number of rotatable bonds is 6. The van der Waals surface area contributed by atoms with E-state index in [9.17, 15) is 0 Å². The van der Waals surface area contributed by atoms with E-state index in [1.165, 1.54) is 11.1 Å². The van der Waals surface area contributed by atoms with Gasteiger partial charge in [0.05, 0.1) is 0 Å². The summed E-state index contributed by atoms with van der Waals surface area (Å²) in [4.78, 5) is 0. The van der Waals surface area contributed by atoms with E-state index in [1.54, 1.807) is 0 Å². The Hall–Kier alpha value is -1.31. The second-order valence-corrected chi connectivity index (χ2v) is 5.29. The molecule has 0 aliphatic rings. The molecule has 0 radical (unpaired) electrons. The van der Waals surface area contributed by atoms with Crippen molar-refractivity contribution in [1.29, 1.82) is 0 Å². The lowest BCUT2D eigenvalue weighted by molar-refractivity contribution is 0.584. The highest BCUT2D eigenvalue weighted by Crippen LogP contribution is 2.25. The molecule has 19 heavy (non-hydrogen) atoms. The van der Waals surface area contributed by atoms with Crippen molar-refractivity contribution in [3.05, 3.63) is 70.7 Å². The lowest BCUT2D eigenvalue weighted by Crippen LogP contribution is -2.08. The molecule has 100 valence electrons. The molecule has 0 bridgehead atoms. The topological polar surface area (TPSA) is 26.0 Å². The Labute approximate surface area is 120 Å². The molecular formula is C17H20ClN. The largest absolute Gasteiger partial charge is 0.330 e. The van der Waals surface area contributed by atoms with E-state index in [0.29, 0.717) is 5.92 Å². The zero-order valence-corrected chi connectivity index (χ0v) is 11.8. The molecule has 0 heterocycles. The Morgan fingerprint density at radius 2 is 1.58 bits per heavy atom. The minimum absolute atomic E-state index is 0.543. The third-order valence-electron chi connectivity index (χ3n) is 3.48. The third kappa shape index (κ3) is 4.38. The van der Waals surface area contributed by atoms with Crippen LogP contribution in [0.2, 0.25) is 5.02 Å². The van der Waals surface area contributed by atoms with Gasteiger partial charge in [0.25, 0.3) is 0 Å². The highest BCUT2D eigenvalue weighted by atomic mass is 35.5. The van der Waals surface area contributed by atoms with Crippen LogP contribution in [0.4, 0.5) is 0 Å². The van der Waals surface area contributed by atoms with Gasteiger partial charge in [0.1, 0.15) is 0 Å². The molecule has 0 fully saturated rings. The summed E-state index contributed by atoms with van der Waals surface area (Å²) in [5, 5.41) is 0.797. The van der Waals surface area contributed by atoms with Gasteiger partial charge in [-0.3, -0.25) is 0 Å². The van der Waals surface area contributed by atoms with Crippen molar-refractivity contribution >= 4 is 11.6 Å². The minimum atomic E-state index is 0.543. The summed E-state index contributed by atoms with van der Waals surface area (Å²) in [6, 6.07) is 18.8. The van der Waals surface area contributed by atoms with Gasteiger partial charge in [-0.2, -0.15) is 0 Å². The molecule has 0 saturated carbocycles. The lowest BCUT2D eigenvalue weighted by Gasteiger charge is -2.16. The first-order valence-corrected chi connectivity index (χ1v) is 7.17. The monoisotopic (exact) mass is 273 g/mol. The molecule has 2 aromatic rings. The van der Waals surface area contributed by atoms with E-state index in [4.69, 9.17) is 17.3 Å². The van der Waals surface area contributed by atoms with Gasteiger partial charge in [0, 0.05) is 5.02 Å². The SMILES string of the molecule is NCCC(CCc1ccc(Cl)cc1)c1ccccc1. The number of halogens is 1. The molecule has 2 rings (SSSR count). The Morgan fingerprint density at radius 3 is 2.21 bits per heavy atom. The molecule has 2 N–H and O–H groups in total. The van der Waals surface area contributed by atoms with E-state index < -0.39 is 0 Å². The molecule has 1 unspecified atom stereocenters. The van der Waals surface area contributed by atoms with Crippen LogP contribution in [-0.2, 0) is 6.42 Å². The first kappa shape index (κ1) is 14.1. The molecular weight excluding hydrogens is 254 g/mol. The summed E-state index contributed by atoms with van der Waals surface area (Å²) in [7, 11) is 0. The van der Waals surface area contributed by atoms with Crippen molar-refractivity contribution in [1.82, 2.24) is 0 Å². The molecule has 0 aliphatic heterocycles. The van der Waals surface area contributed by atoms with E-state index in [1.807, 2.05) is 12.1 Å². The normalized spacial score (nSPS) is 12.3. The standard InChI is InChI=1S/C17H20ClN/c18-17-10-7-14(8-11-17)6-9-16(12-13-19)15-4-2-1-3-5-15/h1-5,7-8,10-11,16H,6,9,12-13,19H2. The van der Waals surface area contributed by atoms with Crippen molar-refractivity contribution in [3.8, 4) is 0 Å². The smallest absolute Gasteiger partial charge is 0.0406 e. The summed E-state index contributed by atoms with van der Waals surface area (Å²) < 4.78 is 0. The maximum atomic E-state index is 5.90. The van der Waals surface area contributed by atoms with Crippen LogP contribution in [0.1, 0.15) is 29.9 Å². The summed E-state index contributed by atoms with van der Waals surface area (Å²) in [5.74, 6) is 0.543. The highest BCUT2D eigenvalue weighted by Gasteiger charge is 2.10. The predicted octanol–water partition coefficient (Wildman–Crippen LogP) is 4.41. The fourth-order valence-corrected chi connectivity index (χ4v) is 2.52. The average Bonchev–Trinajstić information content (AvgIpc) is 2.46. The molecule has 0 aromatic heterocycles. The van der Waals surface area contributed by atoms with Crippen LogP contribution in [0.15, 0.2) is 54.6 Å². The average molecular weight is 274 g/mol. The van der Waals surface area contributed by atoms with Crippen LogP contribution in [-0.4, -0.2) is 6.54 Å². The Kier molecular flexibility index (Phi) is 5.44. The first-order chi connectivity index (χ1) is 9.29. The van der Waals surface area contributed by atoms with E-state index in [0.717, 1.165) is 30.8 Å². The molecule has 0 amide bonds. The zero-order chi connectivity index (χ0) is 13.5. The summed E-state index contributed by atoms with van der Waals surface area (Å²) in [6.45, 7) is 0.736. The van der Waals surface area contributed by atoms with Gasteiger partial charge in [-0.05, 0) is 55.0 Å². The fourth-order valence-electron chi connectivity index (χ4n) is 2.40. The van der Waals surface area contributed by atoms with Gasteiger partial charge in [-0.1, -0.05) is 54.1 Å². The first-order valence-electron chi connectivity index (χ1n) is 6.79. The Bertz CT molecular complexity index is 478. The van der Waals surface area contributed by atoms with Crippen molar-refractivity contribution in [2.45, 2.75) is 25.2 Å². The Balaban J connectivity index is 1.99. The second kappa shape index (κ2) is 7.32. The summed E-state index contributed by atoms with van der Waals surface area (Å²) >= 11 is 5.90. The number of hydrogen-bond acceptors (Lipinski definition) is 1. The van der Waals surface area contributed by atoms with Crippen LogP contribution < -0.4 is 5.73 Å².